The lowest BCUT2D eigenvalue weighted by Gasteiger charge is -2.28. The molecule has 1 aromatic heterocycles. The summed E-state index contributed by atoms with van der Waals surface area (Å²) < 4.78 is 6.00. The number of para-hydroxylation sites is 2. The van der Waals surface area contributed by atoms with Crippen LogP contribution in [0.15, 0.2) is 30.5 Å². The minimum atomic E-state index is 0.146. The van der Waals surface area contributed by atoms with Gasteiger partial charge in [-0.3, -0.25) is 0 Å². The maximum atomic E-state index is 6.00. The first kappa shape index (κ1) is 14.4. The third kappa shape index (κ3) is 3.36. The van der Waals surface area contributed by atoms with E-state index in [9.17, 15) is 0 Å². The summed E-state index contributed by atoms with van der Waals surface area (Å²) in [7, 11) is 0. The molecular formula is C16H21N3OS. The number of anilines is 1. The highest BCUT2D eigenvalue weighted by Crippen LogP contribution is 2.28. The molecule has 5 heteroatoms. The fourth-order valence-corrected chi connectivity index (χ4v) is 3.24. The number of nitrogens with zero attached hydrogens (tertiary/aromatic N) is 1. The zero-order chi connectivity index (χ0) is 14.7. The van der Waals surface area contributed by atoms with Crippen LogP contribution in [0, 0.1) is 0 Å². The lowest BCUT2D eigenvalue weighted by molar-refractivity contribution is 0.198. The van der Waals surface area contributed by atoms with Gasteiger partial charge in [0.1, 0.15) is 16.9 Å². The topological polar surface area (TPSA) is 46.2 Å². The predicted molar refractivity (Wildman–Crippen MR) is 87.3 cm³/mol. The van der Waals surface area contributed by atoms with Crippen molar-refractivity contribution in [3.63, 3.8) is 0 Å². The molecule has 0 aliphatic carbocycles. The molecule has 0 saturated heterocycles. The van der Waals surface area contributed by atoms with Crippen LogP contribution in [0.25, 0.3) is 0 Å². The summed E-state index contributed by atoms with van der Waals surface area (Å²) in [4.78, 5) is 5.82. The number of ether oxygens (including phenoxy) is 1. The number of aromatic nitrogens is 1. The summed E-state index contributed by atoms with van der Waals surface area (Å²) in [6.07, 6.45) is 3.18. The van der Waals surface area contributed by atoms with Crippen molar-refractivity contribution in [2.75, 3.05) is 18.4 Å². The molecule has 0 spiro atoms. The fourth-order valence-electron chi connectivity index (χ4n) is 2.36. The van der Waals surface area contributed by atoms with E-state index in [0.717, 1.165) is 36.0 Å². The number of rotatable bonds is 5. The SMILES string of the molecule is CCc1cnc(C(C)NCC2CNc3ccccc3O2)s1. The van der Waals surface area contributed by atoms with Crippen LogP contribution in [0.4, 0.5) is 5.69 Å². The average Bonchev–Trinajstić information content (AvgIpc) is 3.01. The summed E-state index contributed by atoms with van der Waals surface area (Å²) in [5.74, 6) is 0.936. The van der Waals surface area contributed by atoms with Crippen LogP contribution < -0.4 is 15.4 Å². The Kier molecular flexibility index (Phi) is 4.41. The summed E-state index contributed by atoms with van der Waals surface area (Å²) in [5, 5.41) is 8.08. The Labute approximate surface area is 129 Å². The second-order valence-corrected chi connectivity index (χ2v) is 6.41. The summed E-state index contributed by atoms with van der Waals surface area (Å²) in [6, 6.07) is 8.33. The van der Waals surface area contributed by atoms with E-state index < -0.39 is 0 Å². The van der Waals surface area contributed by atoms with Crippen molar-refractivity contribution in [3.05, 3.63) is 40.3 Å². The molecule has 2 heterocycles. The molecule has 0 saturated carbocycles. The molecule has 21 heavy (non-hydrogen) atoms. The first-order valence-corrected chi connectivity index (χ1v) is 8.25. The number of hydrogen-bond acceptors (Lipinski definition) is 5. The summed E-state index contributed by atoms with van der Waals surface area (Å²) in [5.41, 5.74) is 1.08. The molecule has 3 rings (SSSR count). The van der Waals surface area contributed by atoms with Crippen LogP contribution in [0.1, 0.15) is 29.8 Å². The van der Waals surface area contributed by atoms with Crippen molar-refractivity contribution in [1.82, 2.24) is 10.3 Å². The third-order valence-corrected chi connectivity index (χ3v) is 4.97. The van der Waals surface area contributed by atoms with Gasteiger partial charge in [-0.2, -0.15) is 0 Å². The smallest absolute Gasteiger partial charge is 0.142 e. The normalized spacial score (nSPS) is 18.5. The van der Waals surface area contributed by atoms with Crippen molar-refractivity contribution in [3.8, 4) is 5.75 Å². The fraction of sp³-hybridized carbons (Fsp3) is 0.438. The molecule has 2 aromatic rings. The van der Waals surface area contributed by atoms with Gasteiger partial charge >= 0.3 is 0 Å². The molecule has 2 unspecified atom stereocenters. The largest absolute Gasteiger partial charge is 0.485 e. The predicted octanol–water partition coefficient (Wildman–Crippen LogP) is 3.23. The van der Waals surface area contributed by atoms with Crippen LogP contribution in [-0.4, -0.2) is 24.2 Å². The standard InChI is InChI=1S/C16H21N3OS/c1-3-13-10-19-16(21-13)11(2)17-8-12-9-18-14-6-4-5-7-15(14)20-12/h4-7,10-12,17-18H,3,8-9H2,1-2H3. The van der Waals surface area contributed by atoms with Crippen LogP contribution in [0.5, 0.6) is 5.75 Å². The molecule has 0 fully saturated rings. The Morgan fingerprint density at radius 3 is 3.14 bits per heavy atom. The second kappa shape index (κ2) is 6.45. The van der Waals surface area contributed by atoms with E-state index in [2.05, 4.69) is 29.5 Å². The molecular weight excluding hydrogens is 282 g/mol. The van der Waals surface area contributed by atoms with Gasteiger partial charge in [0.25, 0.3) is 0 Å². The van der Waals surface area contributed by atoms with Crippen LogP contribution in [-0.2, 0) is 6.42 Å². The van der Waals surface area contributed by atoms with Gasteiger partial charge in [0, 0.05) is 17.6 Å². The van der Waals surface area contributed by atoms with Crippen LogP contribution in [0.3, 0.4) is 0 Å². The number of fused-ring (bicyclic) bond motifs is 1. The maximum absolute atomic E-state index is 6.00. The molecule has 0 bridgehead atoms. The quantitative estimate of drug-likeness (QED) is 0.890. The van der Waals surface area contributed by atoms with Gasteiger partial charge in [0.2, 0.25) is 0 Å². The molecule has 0 radical (unpaired) electrons. The Morgan fingerprint density at radius 1 is 1.48 bits per heavy atom. The van der Waals surface area contributed by atoms with Crippen molar-refractivity contribution in [2.24, 2.45) is 0 Å². The highest BCUT2D eigenvalue weighted by Gasteiger charge is 2.20. The molecule has 112 valence electrons. The van der Waals surface area contributed by atoms with E-state index in [0.29, 0.717) is 0 Å². The lowest BCUT2D eigenvalue weighted by Crippen LogP contribution is -2.40. The van der Waals surface area contributed by atoms with Gasteiger partial charge in [-0.25, -0.2) is 4.98 Å². The van der Waals surface area contributed by atoms with Crippen molar-refractivity contribution >= 4 is 17.0 Å². The van der Waals surface area contributed by atoms with Gasteiger partial charge in [0.15, 0.2) is 0 Å². The highest BCUT2D eigenvalue weighted by molar-refractivity contribution is 7.11. The molecule has 0 amide bonds. The van der Waals surface area contributed by atoms with E-state index in [1.54, 1.807) is 11.3 Å². The number of aryl methyl sites for hydroxylation is 1. The first-order valence-electron chi connectivity index (χ1n) is 7.43. The van der Waals surface area contributed by atoms with Gasteiger partial charge in [-0.1, -0.05) is 19.1 Å². The van der Waals surface area contributed by atoms with E-state index in [4.69, 9.17) is 4.74 Å². The summed E-state index contributed by atoms with van der Waals surface area (Å²) >= 11 is 1.79. The Morgan fingerprint density at radius 2 is 2.33 bits per heavy atom. The van der Waals surface area contributed by atoms with E-state index in [1.165, 1.54) is 4.88 Å². The van der Waals surface area contributed by atoms with Gasteiger partial charge in [0.05, 0.1) is 18.3 Å². The lowest BCUT2D eigenvalue weighted by atomic mass is 10.2. The van der Waals surface area contributed by atoms with Crippen LogP contribution >= 0.6 is 11.3 Å². The molecule has 1 aromatic carbocycles. The first-order chi connectivity index (χ1) is 10.3. The number of benzene rings is 1. The molecule has 2 N–H and O–H groups in total. The van der Waals surface area contributed by atoms with E-state index in [-0.39, 0.29) is 12.1 Å². The number of hydrogen-bond donors (Lipinski definition) is 2. The number of nitrogens with one attached hydrogen (secondary N) is 2. The zero-order valence-electron chi connectivity index (χ0n) is 12.4. The van der Waals surface area contributed by atoms with Crippen molar-refractivity contribution < 1.29 is 4.74 Å². The van der Waals surface area contributed by atoms with E-state index >= 15 is 0 Å². The number of thiazole rings is 1. The minimum absolute atomic E-state index is 0.146. The monoisotopic (exact) mass is 303 g/mol. The molecule has 1 aliphatic heterocycles. The van der Waals surface area contributed by atoms with Gasteiger partial charge in [-0.05, 0) is 25.5 Å². The highest BCUT2D eigenvalue weighted by atomic mass is 32.1. The van der Waals surface area contributed by atoms with Crippen molar-refractivity contribution in [1.29, 1.82) is 0 Å². The van der Waals surface area contributed by atoms with Gasteiger partial charge in [-0.15, -0.1) is 11.3 Å². The Balaban J connectivity index is 1.54. The van der Waals surface area contributed by atoms with Crippen molar-refractivity contribution in [2.45, 2.75) is 32.4 Å². The molecule has 1 aliphatic rings. The summed E-state index contributed by atoms with van der Waals surface area (Å²) in [6.45, 7) is 5.95. The van der Waals surface area contributed by atoms with Gasteiger partial charge < -0.3 is 15.4 Å². The second-order valence-electron chi connectivity index (χ2n) is 5.27. The Bertz CT molecular complexity index is 599. The van der Waals surface area contributed by atoms with Crippen LogP contribution in [0.2, 0.25) is 0 Å². The zero-order valence-corrected chi connectivity index (χ0v) is 13.2. The molecule has 4 nitrogen and oxygen atoms in total. The Hall–Kier alpha value is -1.59. The molecule has 2 atom stereocenters. The average molecular weight is 303 g/mol. The van der Waals surface area contributed by atoms with E-state index in [1.807, 2.05) is 30.5 Å². The minimum Gasteiger partial charge on any atom is -0.485 e. The maximum Gasteiger partial charge on any atom is 0.142 e. The third-order valence-electron chi connectivity index (χ3n) is 3.64.